The van der Waals surface area contributed by atoms with Crippen molar-refractivity contribution in [3.63, 3.8) is 0 Å². The lowest BCUT2D eigenvalue weighted by atomic mass is 10.2. The highest BCUT2D eigenvalue weighted by Gasteiger charge is 2.20. The largest absolute Gasteiger partial charge is 0.489 e. The van der Waals surface area contributed by atoms with Crippen LogP contribution >= 0.6 is 0 Å². The van der Waals surface area contributed by atoms with Crippen molar-refractivity contribution in [1.29, 1.82) is 0 Å². The number of benzene rings is 2. The third-order valence-electron chi connectivity index (χ3n) is 3.87. The van der Waals surface area contributed by atoms with E-state index < -0.39 is 23.3 Å². The molecule has 0 radical (unpaired) electrons. The summed E-state index contributed by atoms with van der Waals surface area (Å²) in [6.45, 7) is 1.83. The Kier molecular flexibility index (Phi) is 4.79. The van der Waals surface area contributed by atoms with Gasteiger partial charge in [-0.2, -0.15) is 0 Å². The van der Waals surface area contributed by atoms with E-state index in [9.17, 15) is 17.6 Å². The van der Waals surface area contributed by atoms with Crippen LogP contribution in [0, 0.1) is 23.3 Å². The molecule has 3 rings (SSSR count). The fourth-order valence-corrected chi connectivity index (χ4v) is 2.58. The lowest BCUT2D eigenvalue weighted by Gasteiger charge is -2.28. The Labute approximate surface area is 142 Å². The minimum atomic E-state index is -0.688. The molecule has 25 heavy (non-hydrogen) atoms. The zero-order valence-corrected chi connectivity index (χ0v) is 13.4. The number of para-hydroxylation sites is 1. The smallest absolute Gasteiger partial charge is 0.149 e. The van der Waals surface area contributed by atoms with E-state index in [1.54, 1.807) is 19.1 Å². The molecule has 1 aliphatic heterocycles. The zero-order chi connectivity index (χ0) is 18.0. The molecule has 0 amide bonds. The molecule has 6 heteroatoms. The zero-order valence-electron chi connectivity index (χ0n) is 13.4. The molecular formula is C19H15F4NO. The predicted octanol–water partition coefficient (Wildman–Crippen LogP) is 5.07. The van der Waals surface area contributed by atoms with Gasteiger partial charge >= 0.3 is 0 Å². The van der Waals surface area contributed by atoms with Gasteiger partial charge in [-0.3, -0.25) is 0 Å². The molecule has 2 aromatic carbocycles. The van der Waals surface area contributed by atoms with Crippen molar-refractivity contribution >= 4 is 5.69 Å². The highest BCUT2D eigenvalue weighted by atomic mass is 19.1. The second-order valence-corrected chi connectivity index (χ2v) is 5.60. The van der Waals surface area contributed by atoms with Crippen molar-refractivity contribution in [3.8, 4) is 0 Å². The number of allylic oxidation sites excluding steroid dienone is 2. The minimum absolute atomic E-state index is 0.0736. The van der Waals surface area contributed by atoms with E-state index in [0.717, 1.165) is 12.1 Å². The summed E-state index contributed by atoms with van der Waals surface area (Å²) in [4.78, 5) is 1.48. The van der Waals surface area contributed by atoms with E-state index in [4.69, 9.17) is 4.74 Å². The molecule has 2 aromatic rings. The topological polar surface area (TPSA) is 12.5 Å². The van der Waals surface area contributed by atoms with Crippen LogP contribution in [-0.2, 0) is 11.3 Å². The summed E-state index contributed by atoms with van der Waals surface area (Å²) < 4.78 is 59.9. The summed E-state index contributed by atoms with van der Waals surface area (Å²) in [7, 11) is 0. The molecule has 0 bridgehead atoms. The van der Waals surface area contributed by atoms with Crippen molar-refractivity contribution in [1.82, 2.24) is 0 Å². The summed E-state index contributed by atoms with van der Waals surface area (Å²) in [5.74, 6) is -2.20. The first kappa shape index (κ1) is 17.1. The molecule has 0 spiro atoms. The molecule has 1 heterocycles. The SMILES string of the molecule is CC1=CC(OCc2ccc(F)cc2F)=CCN1c1c(F)cccc1F. The molecular weight excluding hydrogens is 334 g/mol. The standard InChI is InChI=1S/C19H15F4NO/c1-12-9-15(25-11-13-5-6-14(20)10-18(13)23)7-8-24(12)19-16(21)3-2-4-17(19)22/h2-7,9-10H,8,11H2,1H3. The molecule has 0 aliphatic carbocycles. The second kappa shape index (κ2) is 7.01. The van der Waals surface area contributed by atoms with E-state index >= 15 is 0 Å². The summed E-state index contributed by atoms with van der Waals surface area (Å²) in [5, 5.41) is 0. The molecule has 0 saturated carbocycles. The number of hydrogen-bond donors (Lipinski definition) is 0. The van der Waals surface area contributed by atoms with Gasteiger partial charge in [-0.25, -0.2) is 17.6 Å². The van der Waals surface area contributed by atoms with Crippen molar-refractivity contribution in [2.45, 2.75) is 13.5 Å². The van der Waals surface area contributed by atoms with Gasteiger partial charge in [0.2, 0.25) is 0 Å². The van der Waals surface area contributed by atoms with Crippen LogP contribution in [0.2, 0.25) is 0 Å². The van der Waals surface area contributed by atoms with Gasteiger partial charge in [0.15, 0.2) is 0 Å². The van der Waals surface area contributed by atoms with Crippen LogP contribution < -0.4 is 4.90 Å². The third kappa shape index (κ3) is 3.68. The van der Waals surface area contributed by atoms with E-state index in [1.807, 2.05) is 0 Å². The lowest BCUT2D eigenvalue weighted by molar-refractivity contribution is 0.205. The highest BCUT2D eigenvalue weighted by molar-refractivity contribution is 5.56. The van der Waals surface area contributed by atoms with Crippen molar-refractivity contribution in [2.75, 3.05) is 11.4 Å². The van der Waals surface area contributed by atoms with Crippen molar-refractivity contribution in [2.24, 2.45) is 0 Å². The number of nitrogens with zero attached hydrogens (tertiary/aromatic N) is 1. The fraction of sp³-hybridized carbons (Fsp3) is 0.158. The monoisotopic (exact) mass is 349 g/mol. The van der Waals surface area contributed by atoms with Gasteiger partial charge in [0.05, 0.1) is 0 Å². The molecule has 0 unspecified atom stereocenters. The van der Waals surface area contributed by atoms with Gasteiger partial charge in [0.1, 0.15) is 41.3 Å². The average Bonchev–Trinajstić information content (AvgIpc) is 2.55. The van der Waals surface area contributed by atoms with Gasteiger partial charge < -0.3 is 9.64 Å². The highest BCUT2D eigenvalue weighted by Crippen LogP contribution is 2.29. The first-order valence-corrected chi connectivity index (χ1v) is 7.62. The Hall–Kier alpha value is -2.76. The first-order chi connectivity index (χ1) is 12.0. The van der Waals surface area contributed by atoms with Crippen LogP contribution in [0.25, 0.3) is 0 Å². The van der Waals surface area contributed by atoms with Gasteiger partial charge in [0, 0.05) is 23.9 Å². The molecule has 0 N–H and O–H groups in total. The number of halogens is 4. The summed E-state index contributed by atoms with van der Waals surface area (Å²) in [5.41, 5.74) is 0.674. The normalized spacial score (nSPS) is 14.2. The lowest BCUT2D eigenvalue weighted by Crippen LogP contribution is -2.26. The molecule has 0 fully saturated rings. The maximum atomic E-state index is 13.9. The van der Waals surface area contributed by atoms with Crippen LogP contribution in [0.1, 0.15) is 12.5 Å². The Morgan fingerprint density at radius 3 is 2.36 bits per heavy atom. The summed E-state index contributed by atoms with van der Waals surface area (Å²) >= 11 is 0. The number of ether oxygens (including phenoxy) is 1. The van der Waals surface area contributed by atoms with E-state index in [2.05, 4.69) is 0 Å². The quantitative estimate of drug-likeness (QED) is 0.715. The minimum Gasteiger partial charge on any atom is -0.489 e. The van der Waals surface area contributed by atoms with Crippen LogP contribution in [0.15, 0.2) is 60.0 Å². The van der Waals surface area contributed by atoms with E-state index in [-0.39, 0.29) is 24.4 Å². The Morgan fingerprint density at radius 2 is 1.72 bits per heavy atom. The number of rotatable bonds is 4. The Bertz CT molecular complexity index is 840. The van der Waals surface area contributed by atoms with Gasteiger partial charge in [0.25, 0.3) is 0 Å². The molecule has 0 aromatic heterocycles. The van der Waals surface area contributed by atoms with Crippen LogP contribution in [0.5, 0.6) is 0 Å². The average molecular weight is 349 g/mol. The van der Waals surface area contributed by atoms with Crippen molar-refractivity contribution in [3.05, 3.63) is 88.8 Å². The van der Waals surface area contributed by atoms with Crippen LogP contribution in [0.3, 0.4) is 0 Å². The molecule has 0 saturated heterocycles. The molecule has 130 valence electrons. The maximum absolute atomic E-state index is 13.9. The Balaban J connectivity index is 1.72. The van der Waals surface area contributed by atoms with E-state index in [1.165, 1.54) is 29.2 Å². The Morgan fingerprint density at radius 1 is 1.00 bits per heavy atom. The van der Waals surface area contributed by atoms with Crippen LogP contribution in [0.4, 0.5) is 23.2 Å². The van der Waals surface area contributed by atoms with Crippen molar-refractivity contribution < 1.29 is 22.3 Å². The fourth-order valence-electron chi connectivity index (χ4n) is 2.58. The second-order valence-electron chi connectivity index (χ2n) is 5.60. The molecule has 1 aliphatic rings. The van der Waals surface area contributed by atoms with Gasteiger partial charge in [-0.15, -0.1) is 0 Å². The number of anilines is 1. The maximum Gasteiger partial charge on any atom is 0.149 e. The molecule has 2 nitrogen and oxygen atoms in total. The summed E-state index contributed by atoms with van der Waals surface area (Å²) in [6.07, 6.45) is 3.25. The van der Waals surface area contributed by atoms with E-state index in [0.29, 0.717) is 11.5 Å². The summed E-state index contributed by atoms with van der Waals surface area (Å²) in [6, 6.07) is 6.94. The molecule has 0 atom stereocenters. The predicted molar refractivity (Wildman–Crippen MR) is 86.7 cm³/mol. The third-order valence-corrected chi connectivity index (χ3v) is 3.87. The van der Waals surface area contributed by atoms with Gasteiger partial charge in [-0.05, 0) is 43.3 Å². The first-order valence-electron chi connectivity index (χ1n) is 7.62. The van der Waals surface area contributed by atoms with Gasteiger partial charge in [-0.1, -0.05) is 6.07 Å². The van der Waals surface area contributed by atoms with Crippen LogP contribution in [-0.4, -0.2) is 6.54 Å². The number of hydrogen-bond acceptors (Lipinski definition) is 2.